The molecule has 0 N–H and O–H groups in total. The minimum Gasteiger partial charge on any atom is -0.354 e. The highest BCUT2D eigenvalue weighted by Gasteiger charge is 2.34. The lowest BCUT2D eigenvalue weighted by atomic mass is 10.2. The molecular formula is C27H33F4N5O2S. The summed E-state index contributed by atoms with van der Waals surface area (Å²) in [5.74, 6) is 0.234. The van der Waals surface area contributed by atoms with E-state index in [0.717, 1.165) is 31.8 Å². The summed E-state index contributed by atoms with van der Waals surface area (Å²) in [5, 5.41) is 4.68. The molecule has 0 spiro atoms. The van der Waals surface area contributed by atoms with Gasteiger partial charge in [-0.25, -0.2) is 17.5 Å². The average molecular weight is 568 g/mol. The van der Waals surface area contributed by atoms with Crippen LogP contribution in [0, 0.1) is 12.7 Å². The van der Waals surface area contributed by atoms with E-state index in [-0.39, 0.29) is 13.1 Å². The lowest BCUT2D eigenvalue weighted by molar-refractivity contribution is -0.137. The minimum atomic E-state index is -4.67. The van der Waals surface area contributed by atoms with Crippen molar-refractivity contribution in [3.05, 3.63) is 71.2 Å². The molecule has 1 aromatic heterocycles. The second-order valence-electron chi connectivity index (χ2n) is 9.56. The van der Waals surface area contributed by atoms with Gasteiger partial charge >= 0.3 is 6.18 Å². The van der Waals surface area contributed by atoms with Crippen LogP contribution in [0.3, 0.4) is 0 Å². The highest BCUT2D eigenvalue weighted by Crippen LogP contribution is 2.34. The summed E-state index contributed by atoms with van der Waals surface area (Å²) >= 11 is 0. The van der Waals surface area contributed by atoms with Gasteiger partial charge in [0.15, 0.2) is 0 Å². The Morgan fingerprint density at radius 1 is 1.00 bits per heavy atom. The number of anilines is 1. The highest BCUT2D eigenvalue weighted by molar-refractivity contribution is 7.89. The van der Waals surface area contributed by atoms with Gasteiger partial charge in [0.25, 0.3) is 0 Å². The van der Waals surface area contributed by atoms with Crippen LogP contribution in [-0.2, 0) is 22.7 Å². The van der Waals surface area contributed by atoms with Gasteiger partial charge in [0, 0.05) is 44.8 Å². The lowest BCUT2D eigenvalue weighted by Gasteiger charge is -2.36. The van der Waals surface area contributed by atoms with Crippen LogP contribution in [0.15, 0.2) is 53.4 Å². The lowest BCUT2D eigenvalue weighted by Crippen LogP contribution is -2.47. The number of rotatable bonds is 9. The number of halogens is 4. The van der Waals surface area contributed by atoms with Gasteiger partial charge in [-0.15, -0.1) is 0 Å². The zero-order chi connectivity index (χ0) is 28.4. The molecule has 0 saturated carbocycles. The summed E-state index contributed by atoms with van der Waals surface area (Å²) in [6, 6.07) is 9.83. The number of aromatic nitrogens is 2. The molecule has 12 heteroatoms. The Bertz CT molecular complexity index is 1400. The van der Waals surface area contributed by atoms with Crippen LogP contribution in [0.1, 0.15) is 37.1 Å². The first-order valence-corrected chi connectivity index (χ1v) is 14.4. The Hall–Kier alpha value is -2.96. The van der Waals surface area contributed by atoms with Gasteiger partial charge in [0.05, 0.1) is 21.8 Å². The zero-order valence-corrected chi connectivity index (χ0v) is 23.1. The van der Waals surface area contributed by atoms with E-state index in [2.05, 4.69) is 21.8 Å². The minimum absolute atomic E-state index is 0.0864. The van der Waals surface area contributed by atoms with Crippen molar-refractivity contribution in [2.24, 2.45) is 0 Å². The number of hydrogen-bond donors (Lipinski definition) is 0. The molecule has 0 radical (unpaired) electrons. The van der Waals surface area contributed by atoms with Crippen molar-refractivity contribution >= 4 is 15.8 Å². The molecule has 1 aliphatic heterocycles. The zero-order valence-electron chi connectivity index (χ0n) is 22.2. The van der Waals surface area contributed by atoms with E-state index in [1.54, 1.807) is 23.7 Å². The third-order valence-electron chi connectivity index (χ3n) is 6.94. The molecule has 1 saturated heterocycles. The third-order valence-corrected chi connectivity index (χ3v) is 8.78. The molecule has 1 aliphatic rings. The van der Waals surface area contributed by atoms with Crippen molar-refractivity contribution in [3.63, 3.8) is 0 Å². The number of sulfonamides is 1. The molecule has 2 aromatic carbocycles. The Labute approximate surface area is 226 Å². The third kappa shape index (κ3) is 6.28. The topological polar surface area (TPSA) is 61.7 Å². The van der Waals surface area contributed by atoms with E-state index in [9.17, 15) is 26.0 Å². The van der Waals surface area contributed by atoms with Crippen LogP contribution in [0.5, 0.6) is 0 Å². The predicted molar refractivity (Wildman–Crippen MR) is 142 cm³/mol. The fourth-order valence-electron chi connectivity index (χ4n) is 4.81. The van der Waals surface area contributed by atoms with Crippen LogP contribution in [0.25, 0.3) is 5.69 Å². The SMILES string of the molecule is CCCN(Cc1c(C)nn(-c2cccc(F)c2)c1N1CCN(CC)CC1)S(=O)(=O)c1cccc(C(F)(F)F)c1. The van der Waals surface area contributed by atoms with Gasteiger partial charge in [0.2, 0.25) is 10.0 Å². The standard InChI is InChI=1S/C27H33F4N5O2S/c1-4-12-35(39(37,38)24-11-6-8-21(17-24)27(29,30)31)19-25-20(3)32-36(23-10-7-9-22(28)18-23)26(25)34-15-13-33(5-2)14-16-34/h6-11,17-18H,4-5,12-16,19H2,1-3H3. The van der Waals surface area contributed by atoms with Gasteiger partial charge in [-0.2, -0.15) is 22.6 Å². The maximum atomic E-state index is 14.2. The highest BCUT2D eigenvalue weighted by atomic mass is 32.2. The summed E-state index contributed by atoms with van der Waals surface area (Å²) in [4.78, 5) is 4.00. The number of likely N-dealkylation sites (N-methyl/N-ethyl adjacent to an activating group) is 1. The van der Waals surface area contributed by atoms with Gasteiger partial charge in [-0.1, -0.05) is 26.0 Å². The van der Waals surface area contributed by atoms with E-state index < -0.39 is 32.5 Å². The normalized spacial score (nSPS) is 15.3. The molecular weight excluding hydrogens is 534 g/mol. The fraction of sp³-hybridized carbons (Fsp3) is 0.444. The van der Waals surface area contributed by atoms with Crippen molar-refractivity contribution in [3.8, 4) is 5.69 Å². The predicted octanol–water partition coefficient (Wildman–Crippen LogP) is 5.08. The number of benzene rings is 2. The fourth-order valence-corrected chi connectivity index (χ4v) is 6.36. The maximum Gasteiger partial charge on any atom is 0.416 e. The van der Waals surface area contributed by atoms with Crippen LogP contribution in [0.2, 0.25) is 0 Å². The maximum absolute atomic E-state index is 14.2. The first kappa shape index (κ1) is 29.0. The number of hydrogen-bond acceptors (Lipinski definition) is 5. The van der Waals surface area contributed by atoms with Crippen LogP contribution in [0.4, 0.5) is 23.4 Å². The average Bonchev–Trinajstić information content (AvgIpc) is 3.23. The largest absolute Gasteiger partial charge is 0.416 e. The summed E-state index contributed by atoms with van der Waals surface area (Å²) in [6.07, 6.45) is -4.21. The molecule has 4 rings (SSSR count). The van der Waals surface area contributed by atoms with Crippen molar-refractivity contribution in [1.82, 2.24) is 19.0 Å². The van der Waals surface area contributed by atoms with Crippen LogP contribution in [-0.4, -0.2) is 66.7 Å². The van der Waals surface area contributed by atoms with Gasteiger partial charge < -0.3 is 9.80 Å². The number of nitrogens with zero attached hydrogens (tertiary/aromatic N) is 5. The number of piperazine rings is 1. The molecule has 0 amide bonds. The van der Waals surface area contributed by atoms with Crippen LogP contribution < -0.4 is 4.90 Å². The van der Waals surface area contributed by atoms with Gasteiger partial charge in [0.1, 0.15) is 11.6 Å². The summed E-state index contributed by atoms with van der Waals surface area (Å²) in [6.45, 7) is 9.50. The smallest absolute Gasteiger partial charge is 0.354 e. The Morgan fingerprint density at radius 2 is 1.69 bits per heavy atom. The molecule has 0 aliphatic carbocycles. The number of alkyl halides is 3. The van der Waals surface area contributed by atoms with E-state index in [4.69, 9.17) is 0 Å². The molecule has 1 fully saturated rings. The van der Waals surface area contributed by atoms with E-state index in [1.807, 2.05) is 6.92 Å². The molecule has 2 heterocycles. The quantitative estimate of drug-likeness (QED) is 0.338. The Kier molecular flexibility index (Phi) is 8.67. The molecule has 3 aromatic rings. The molecule has 212 valence electrons. The molecule has 7 nitrogen and oxygen atoms in total. The second-order valence-corrected chi connectivity index (χ2v) is 11.5. The molecule has 39 heavy (non-hydrogen) atoms. The first-order valence-electron chi connectivity index (χ1n) is 12.9. The monoisotopic (exact) mass is 567 g/mol. The van der Waals surface area contributed by atoms with Gasteiger partial charge in [-0.3, -0.25) is 0 Å². The molecule has 0 unspecified atom stereocenters. The van der Waals surface area contributed by atoms with Gasteiger partial charge in [-0.05, 0) is 56.3 Å². The van der Waals surface area contributed by atoms with Crippen molar-refractivity contribution in [1.29, 1.82) is 0 Å². The second kappa shape index (κ2) is 11.6. The summed E-state index contributed by atoms with van der Waals surface area (Å²) < 4.78 is 84.4. The van der Waals surface area contributed by atoms with Crippen molar-refractivity contribution < 1.29 is 26.0 Å². The number of aryl methyl sites for hydroxylation is 1. The van der Waals surface area contributed by atoms with Crippen molar-refractivity contribution in [2.45, 2.75) is 44.8 Å². The molecule has 0 atom stereocenters. The Morgan fingerprint density at radius 3 is 2.31 bits per heavy atom. The molecule has 0 bridgehead atoms. The summed E-state index contributed by atoms with van der Waals surface area (Å²) in [7, 11) is -4.27. The summed E-state index contributed by atoms with van der Waals surface area (Å²) in [5.41, 5.74) is 0.672. The van der Waals surface area contributed by atoms with E-state index >= 15 is 0 Å². The van der Waals surface area contributed by atoms with E-state index in [0.29, 0.717) is 48.3 Å². The Balaban J connectivity index is 1.79. The first-order chi connectivity index (χ1) is 18.5. The van der Waals surface area contributed by atoms with E-state index in [1.165, 1.54) is 22.5 Å². The van der Waals surface area contributed by atoms with Crippen LogP contribution >= 0.6 is 0 Å². The van der Waals surface area contributed by atoms with Crippen molar-refractivity contribution in [2.75, 3.05) is 44.2 Å².